The first-order valence-corrected chi connectivity index (χ1v) is 7.77. The highest BCUT2D eigenvalue weighted by molar-refractivity contribution is 4.97. The van der Waals surface area contributed by atoms with E-state index in [4.69, 9.17) is 4.74 Å². The summed E-state index contributed by atoms with van der Waals surface area (Å²) in [6, 6.07) is 0.631. The lowest BCUT2D eigenvalue weighted by Crippen LogP contribution is -2.58. The molecular weight excluding hydrogens is 238 g/mol. The summed E-state index contributed by atoms with van der Waals surface area (Å²) >= 11 is 0. The van der Waals surface area contributed by atoms with Crippen molar-refractivity contribution < 1.29 is 4.74 Å². The molecule has 0 bridgehead atoms. The molecule has 1 N–H and O–H groups in total. The van der Waals surface area contributed by atoms with Gasteiger partial charge in [0, 0.05) is 37.8 Å². The number of nitrogens with zero attached hydrogens (tertiary/aromatic N) is 2. The van der Waals surface area contributed by atoms with E-state index in [0.717, 1.165) is 32.8 Å². The Kier molecular flexibility index (Phi) is 5.23. The monoisotopic (exact) mass is 269 g/mol. The minimum atomic E-state index is 0.357. The fourth-order valence-electron chi connectivity index (χ4n) is 3.17. The van der Waals surface area contributed by atoms with E-state index in [1.807, 2.05) is 0 Å². The summed E-state index contributed by atoms with van der Waals surface area (Å²) in [5, 5.41) is 3.65. The molecule has 0 spiro atoms. The van der Waals surface area contributed by atoms with E-state index < -0.39 is 0 Å². The van der Waals surface area contributed by atoms with Crippen LogP contribution in [-0.4, -0.2) is 74.4 Å². The molecule has 1 aliphatic heterocycles. The van der Waals surface area contributed by atoms with Gasteiger partial charge in [0.2, 0.25) is 0 Å². The summed E-state index contributed by atoms with van der Waals surface area (Å²) in [5.41, 5.74) is 0.409. The maximum atomic E-state index is 5.87. The molecule has 0 aromatic rings. The lowest BCUT2D eigenvalue weighted by molar-refractivity contribution is -0.0396. The third-order valence-corrected chi connectivity index (χ3v) is 4.96. The van der Waals surface area contributed by atoms with Gasteiger partial charge in [-0.15, -0.1) is 0 Å². The number of nitrogens with one attached hydrogen (secondary N) is 1. The Morgan fingerprint density at radius 1 is 1.37 bits per heavy atom. The highest BCUT2D eigenvalue weighted by Crippen LogP contribution is 2.35. The number of rotatable bonds is 6. The van der Waals surface area contributed by atoms with Gasteiger partial charge in [-0.3, -0.25) is 4.90 Å². The fraction of sp³-hybridized carbons (Fsp3) is 1.00. The van der Waals surface area contributed by atoms with Crippen molar-refractivity contribution in [1.82, 2.24) is 15.1 Å². The Hall–Kier alpha value is -0.160. The SMILES string of the molecule is CC(C)N1CCOC(CNCC2(N(C)C)CCC2)C1. The van der Waals surface area contributed by atoms with Gasteiger partial charge in [0.05, 0.1) is 12.7 Å². The predicted molar refractivity (Wildman–Crippen MR) is 79.6 cm³/mol. The van der Waals surface area contributed by atoms with Crippen LogP contribution in [0.3, 0.4) is 0 Å². The van der Waals surface area contributed by atoms with Crippen LogP contribution in [0.1, 0.15) is 33.1 Å². The van der Waals surface area contributed by atoms with Gasteiger partial charge in [-0.25, -0.2) is 0 Å². The van der Waals surface area contributed by atoms with Crippen molar-refractivity contribution in [1.29, 1.82) is 0 Å². The van der Waals surface area contributed by atoms with Crippen LogP contribution in [0.25, 0.3) is 0 Å². The lowest BCUT2D eigenvalue weighted by atomic mass is 9.75. The van der Waals surface area contributed by atoms with E-state index in [0.29, 0.717) is 17.7 Å². The van der Waals surface area contributed by atoms with Crippen molar-refractivity contribution in [3.05, 3.63) is 0 Å². The standard InChI is InChI=1S/C15H31N3O/c1-13(2)18-8-9-19-14(11-18)10-16-12-15(17(3)4)6-5-7-15/h13-14,16H,5-12H2,1-4H3. The topological polar surface area (TPSA) is 27.7 Å². The Labute approximate surface area is 118 Å². The third-order valence-electron chi connectivity index (χ3n) is 4.96. The second-order valence-corrected chi connectivity index (χ2v) is 6.68. The summed E-state index contributed by atoms with van der Waals surface area (Å²) in [7, 11) is 4.41. The Morgan fingerprint density at radius 2 is 2.11 bits per heavy atom. The van der Waals surface area contributed by atoms with Crippen molar-refractivity contribution in [2.75, 3.05) is 46.9 Å². The average Bonchev–Trinajstić information content (AvgIpc) is 2.32. The molecule has 2 fully saturated rings. The quantitative estimate of drug-likeness (QED) is 0.783. The number of ether oxygens (including phenoxy) is 1. The number of hydrogen-bond acceptors (Lipinski definition) is 4. The van der Waals surface area contributed by atoms with Crippen LogP contribution in [0, 0.1) is 0 Å². The molecule has 4 heteroatoms. The van der Waals surface area contributed by atoms with Gasteiger partial charge in [-0.2, -0.15) is 0 Å². The van der Waals surface area contributed by atoms with Crippen LogP contribution in [0.15, 0.2) is 0 Å². The first-order valence-electron chi connectivity index (χ1n) is 7.77. The molecule has 2 rings (SSSR count). The molecule has 0 radical (unpaired) electrons. The van der Waals surface area contributed by atoms with Gasteiger partial charge in [0.1, 0.15) is 0 Å². The van der Waals surface area contributed by atoms with Crippen LogP contribution in [0.2, 0.25) is 0 Å². The molecular formula is C15H31N3O. The Bertz CT molecular complexity index is 277. The number of hydrogen-bond donors (Lipinski definition) is 1. The van der Waals surface area contributed by atoms with E-state index in [1.54, 1.807) is 0 Å². The van der Waals surface area contributed by atoms with E-state index >= 15 is 0 Å². The third kappa shape index (κ3) is 3.69. The molecule has 0 amide bonds. The molecule has 1 atom stereocenters. The number of likely N-dealkylation sites (N-methyl/N-ethyl adjacent to an activating group) is 1. The van der Waals surface area contributed by atoms with Gasteiger partial charge < -0.3 is 15.0 Å². The van der Waals surface area contributed by atoms with Gasteiger partial charge >= 0.3 is 0 Å². The summed E-state index contributed by atoms with van der Waals surface area (Å²) < 4.78 is 5.87. The van der Waals surface area contributed by atoms with E-state index in [-0.39, 0.29) is 0 Å². The molecule has 1 heterocycles. The van der Waals surface area contributed by atoms with Gasteiger partial charge in [0.25, 0.3) is 0 Å². The zero-order valence-electron chi connectivity index (χ0n) is 13.1. The highest BCUT2D eigenvalue weighted by Gasteiger charge is 2.38. The first-order chi connectivity index (χ1) is 9.03. The maximum Gasteiger partial charge on any atom is 0.0826 e. The molecule has 2 aliphatic rings. The van der Waals surface area contributed by atoms with Crippen LogP contribution in [0.4, 0.5) is 0 Å². The van der Waals surface area contributed by atoms with Crippen LogP contribution in [0.5, 0.6) is 0 Å². The van der Waals surface area contributed by atoms with Crippen molar-refractivity contribution >= 4 is 0 Å². The molecule has 1 aliphatic carbocycles. The Morgan fingerprint density at radius 3 is 2.63 bits per heavy atom. The summed E-state index contributed by atoms with van der Waals surface area (Å²) in [4.78, 5) is 4.91. The van der Waals surface area contributed by atoms with Crippen LogP contribution >= 0.6 is 0 Å². The lowest BCUT2D eigenvalue weighted by Gasteiger charge is -2.48. The van der Waals surface area contributed by atoms with Crippen LogP contribution < -0.4 is 5.32 Å². The molecule has 0 aromatic heterocycles. The largest absolute Gasteiger partial charge is 0.374 e. The molecule has 112 valence electrons. The minimum absolute atomic E-state index is 0.357. The van der Waals surface area contributed by atoms with Crippen molar-refractivity contribution in [2.24, 2.45) is 0 Å². The van der Waals surface area contributed by atoms with E-state index in [1.165, 1.54) is 19.3 Å². The van der Waals surface area contributed by atoms with Crippen molar-refractivity contribution in [3.8, 4) is 0 Å². The fourth-order valence-corrected chi connectivity index (χ4v) is 3.17. The number of morpholine rings is 1. The molecule has 19 heavy (non-hydrogen) atoms. The Balaban J connectivity index is 1.70. The van der Waals surface area contributed by atoms with Crippen molar-refractivity contribution in [3.63, 3.8) is 0 Å². The summed E-state index contributed by atoms with van der Waals surface area (Å²) in [5.74, 6) is 0. The van der Waals surface area contributed by atoms with Gasteiger partial charge in [-0.05, 0) is 47.2 Å². The van der Waals surface area contributed by atoms with Gasteiger partial charge in [0.15, 0.2) is 0 Å². The summed E-state index contributed by atoms with van der Waals surface area (Å²) in [6.07, 6.45) is 4.39. The molecule has 1 saturated heterocycles. The first kappa shape index (κ1) is 15.2. The summed E-state index contributed by atoms with van der Waals surface area (Å²) in [6.45, 7) is 9.65. The second-order valence-electron chi connectivity index (χ2n) is 6.68. The molecule has 1 unspecified atom stereocenters. The zero-order valence-corrected chi connectivity index (χ0v) is 13.1. The normalized spacial score (nSPS) is 27.8. The molecule has 1 saturated carbocycles. The van der Waals surface area contributed by atoms with E-state index in [2.05, 4.69) is 43.1 Å². The average molecular weight is 269 g/mol. The smallest absolute Gasteiger partial charge is 0.0826 e. The second kappa shape index (κ2) is 6.53. The molecule has 4 nitrogen and oxygen atoms in total. The van der Waals surface area contributed by atoms with Crippen molar-refractivity contribution in [2.45, 2.75) is 50.8 Å². The highest BCUT2D eigenvalue weighted by atomic mass is 16.5. The van der Waals surface area contributed by atoms with Crippen LogP contribution in [-0.2, 0) is 4.74 Å². The van der Waals surface area contributed by atoms with Gasteiger partial charge in [-0.1, -0.05) is 0 Å². The predicted octanol–water partition coefficient (Wildman–Crippen LogP) is 1.17. The van der Waals surface area contributed by atoms with E-state index in [9.17, 15) is 0 Å². The minimum Gasteiger partial charge on any atom is -0.374 e. The molecule has 0 aromatic carbocycles. The zero-order chi connectivity index (χ0) is 13.9. The maximum absolute atomic E-state index is 5.87.